The Balaban J connectivity index is 1.97. The predicted octanol–water partition coefficient (Wildman–Crippen LogP) is 3.41. The molecule has 0 radical (unpaired) electrons. The number of carboxylic acid groups (broad SMARTS) is 1. The lowest BCUT2D eigenvalue weighted by atomic mass is 10.1. The van der Waals surface area contributed by atoms with Crippen molar-refractivity contribution in [1.29, 1.82) is 0 Å². The van der Waals surface area contributed by atoms with Gasteiger partial charge in [0.15, 0.2) is 0 Å². The van der Waals surface area contributed by atoms with Crippen LogP contribution < -0.4 is 15.5 Å². The Kier molecular flexibility index (Phi) is 8.02. The molecule has 3 N–H and O–H groups in total. The third-order valence-corrected chi connectivity index (χ3v) is 4.70. The zero-order chi connectivity index (χ0) is 20.5. The molecule has 150 valence electrons. The molecule has 0 spiro atoms. The first kappa shape index (κ1) is 21.4. The number of amides is 1. The lowest BCUT2D eigenvalue weighted by Crippen LogP contribution is -2.39. The van der Waals surface area contributed by atoms with Gasteiger partial charge >= 0.3 is 5.97 Å². The largest absolute Gasteiger partial charge is 0.480 e. The Morgan fingerprint density at radius 1 is 1.07 bits per heavy atom. The predicted molar refractivity (Wildman–Crippen MR) is 113 cm³/mol. The van der Waals surface area contributed by atoms with Crippen LogP contribution in [0.2, 0.25) is 0 Å². The van der Waals surface area contributed by atoms with Gasteiger partial charge in [-0.1, -0.05) is 30.3 Å². The van der Waals surface area contributed by atoms with Crippen LogP contribution in [0.5, 0.6) is 0 Å². The first-order valence-electron chi connectivity index (χ1n) is 9.60. The standard InChI is InChI=1S/C22H29N3O3/c1-4-25(5-2)18-11-12-19(16(3)13-18)24-21(26)14-20(22(27)28)23-15-17-9-7-6-8-10-17/h6-13,20,23H,4-5,14-15H2,1-3H3,(H,24,26)(H,27,28). The van der Waals surface area contributed by atoms with E-state index in [9.17, 15) is 14.7 Å². The summed E-state index contributed by atoms with van der Waals surface area (Å²) in [4.78, 5) is 26.1. The van der Waals surface area contributed by atoms with Crippen molar-refractivity contribution < 1.29 is 14.7 Å². The number of carbonyl (C=O) groups is 2. The highest BCUT2D eigenvalue weighted by molar-refractivity contribution is 5.94. The fourth-order valence-electron chi connectivity index (χ4n) is 3.04. The van der Waals surface area contributed by atoms with Crippen molar-refractivity contribution in [2.24, 2.45) is 0 Å². The van der Waals surface area contributed by atoms with Crippen LogP contribution in [-0.2, 0) is 16.1 Å². The van der Waals surface area contributed by atoms with Gasteiger partial charge in [-0.15, -0.1) is 0 Å². The van der Waals surface area contributed by atoms with Crippen LogP contribution >= 0.6 is 0 Å². The number of carbonyl (C=O) groups excluding carboxylic acids is 1. The number of aryl methyl sites for hydroxylation is 1. The molecular formula is C22H29N3O3. The second kappa shape index (κ2) is 10.5. The summed E-state index contributed by atoms with van der Waals surface area (Å²) in [7, 11) is 0. The number of hydrogen-bond donors (Lipinski definition) is 3. The molecule has 0 fully saturated rings. The van der Waals surface area contributed by atoms with E-state index in [1.807, 2.05) is 55.5 Å². The highest BCUT2D eigenvalue weighted by Gasteiger charge is 2.21. The van der Waals surface area contributed by atoms with Gasteiger partial charge in [-0.05, 0) is 50.1 Å². The monoisotopic (exact) mass is 383 g/mol. The molecule has 6 heteroatoms. The number of aliphatic carboxylic acids is 1. The topological polar surface area (TPSA) is 81.7 Å². The van der Waals surface area contributed by atoms with E-state index in [1.165, 1.54) is 0 Å². The number of benzene rings is 2. The minimum absolute atomic E-state index is 0.139. The van der Waals surface area contributed by atoms with E-state index in [2.05, 4.69) is 29.4 Å². The van der Waals surface area contributed by atoms with Crippen LogP contribution in [0.1, 0.15) is 31.4 Å². The van der Waals surface area contributed by atoms with Gasteiger partial charge < -0.3 is 15.3 Å². The maximum atomic E-state index is 12.4. The molecule has 0 saturated heterocycles. The van der Waals surface area contributed by atoms with Crippen LogP contribution in [0.25, 0.3) is 0 Å². The van der Waals surface area contributed by atoms with Gasteiger partial charge in [-0.25, -0.2) is 0 Å². The van der Waals surface area contributed by atoms with E-state index in [0.717, 1.165) is 29.9 Å². The molecule has 6 nitrogen and oxygen atoms in total. The zero-order valence-electron chi connectivity index (χ0n) is 16.7. The van der Waals surface area contributed by atoms with Crippen molar-refractivity contribution in [3.63, 3.8) is 0 Å². The second-order valence-corrected chi connectivity index (χ2v) is 6.68. The average molecular weight is 383 g/mol. The summed E-state index contributed by atoms with van der Waals surface area (Å²) in [6, 6.07) is 14.4. The fourth-order valence-corrected chi connectivity index (χ4v) is 3.04. The normalized spacial score (nSPS) is 11.7. The van der Waals surface area contributed by atoms with Crippen LogP contribution in [0.3, 0.4) is 0 Å². The van der Waals surface area contributed by atoms with Crippen LogP contribution in [0.4, 0.5) is 11.4 Å². The van der Waals surface area contributed by atoms with Gasteiger partial charge in [0, 0.05) is 31.0 Å². The van der Waals surface area contributed by atoms with Crippen molar-refractivity contribution in [3.8, 4) is 0 Å². The van der Waals surface area contributed by atoms with E-state index in [-0.39, 0.29) is 12.3 Å². The average Bonchev–Trinajstić information content (AvgIpc) is 2.68. The summed E-state index contributed by atoms with van der Waals surface area (Å²) in [6.07, 6.45) is -0.139. The molecule has 1 unspecified atom stereocenters. The van der Waals surface area contributed by atoms with Crippen molar-refractivity contribution >= 4 is 23.3 Å². The summed E-state index contributed by atoms with van der Waals surface area (Å²) < 4.78 is 0. The summed E-state index contributed by atoms with van der Waals surface area (Å²) in [5, 5.41) is 15.2. The minimum atomic E-state index is -1.04. The summed E-state index contributed by atoms with van der Waals surface area (Å²) >= 11 is 0. The number of nitrogens with zero attached hydrogens (tertiary/aromatic N) is 1. The molecule has 2 aromatic rings. The summed E-state index contributed by atoms with van der Waals surface area (Å²) in [5.41, 5.74) is 3.72. The fraction of sp³-hybridized carbons (Fsp3) is 0.364. The molecule has 1 atom stereocenters. The Hall–Kier alpha value is -2.86. The Morgan fingerprint density at radius 3 is 2.32 bits per heavy atom. The molecule has 0 aromatic heterocycles. The number of hydrogen-bond acceptors (Lipinski definition) is 4. The van der Waals surface area contributed by atoms with Gasteiger partial charge in [0.2, 0.25) is 5.91 Å². The van der Waals surface area contributed by atoms with Gasteiger partial charge in [0.05, 0.1) is 6.42 Å². The highest BCUT2D eigenvalue weighted by atomic mass is 16.4. The van der Waals surface area contributed by atoms with E-state index >= 15 is 0 Å². The Bertz CT molecular complexity index is 789. The molecule has 0 bridgehead atoms. The molecular weight excluding hydrogens is 354 g/mol. The molecule has 0 saturated carbocycles. The minimum Gasteiger partial charge on any atom is -0.480 e. The van der Waals surface area contributed by atoms with E-state index < -0.39 is 12.0 Å². The molecule has 0 aliphatic carbocycles. The molecule has 2 rings (SSSR count). The van der Waals surface area contributed by atoms with E-state index in [0.29, 0.717) is 12.2 Å². The lowest BCUT2D eigenvalue weighted by Gasteiger charge is -2.22. The Labute approximate surface area is 166 Å². The van der Waals surface area contributed by atoms with Crippen LogP contribution in [0, 0.1) is 6.92 Å². The van der Waals surface area contributed by atoms with Gasteiger partial charge in [0.1, 0.15) is 6.04 Å². The second-order valence-electron chi connectivity index (χ2n) is 6.68. The molecule has 1 amide bonds. The SMILES string of the molecule is CCN(CC)c1ccc(NC(=O)CC(NCc2ccccc2)C(=O)O)c(C)c1. The first-order valence-corrected chi connectivity index (χ1v) is 9.60. The Morgan fingerprint density at radius 2 is 1.75 bits per heavy atom. The molecule has 28 heavy (non-hydrogen) atoms. The molecule has 0 heterocycles. The smallest absolute Gasteiger partial charge is 0.321 e. The number of anilines is 2. The summed E-state index contributed by atoms with van der Waals surface area (Å²) in [5.74, 6) is -1.37. The third-order valence-electron chi connectivity index (χ3n) is 4.70. The van der Waals surface area contributed by atoms with Crippen LogP contribution in [0.15, 0.2) is 48.5 Å². The van der Waals surface area contributed by atoms with E-state index in [1.54, 1.807) is 0 Å². The summed E-state index contributed by atoms with van der Waals surface area (Å²) in [6.45, 7) is 8.35. The van der Waals surface area contributed by atoms with Gasteiger partial charge in [-0.3, -0.25) is 14.9 Å². The highest BCUT2D eigenvalue weighted by Crippen LogP contribution is 2.23. The first-order chi connectivity index (χ1) is 13.4. The lowest BCUT2D eigenvalue weighted by molar-refractivity contribution is -0.141. The number of rotatable bonds is 10. The molecule has 2 aromatic carbocycles. The van der Waals surface area contributed by atoms with Crippen LogP contribution in [-0.4, -0.2) is 36.1 Å². The van der Waals surface area contributed by atoms with E-state index in [4.69, 9.17) is 0 Å². The maximum Gasteiger partial charge on any atom is 0.321 e. The van der Waals surface area contributed by atoms with Crippen molar-refractivity contribution in [2.45, 2.75) is 39.8 Å². The van der Waals surface area contributed by atoms with Gasteiger partial charge in [0.25, 0.3) is 0 Å². The maximum absolute atomic E-state index is 12.4. The molecule has 0 aliphatic rings. The number of carboxylic acids is 1. The molecule has 0 aliphatic heterocycles. The zero-order valence-corrected chi connectivity index (χ0v) is 16.7. The quantitative estimate of drug-likeness (QED) is 0.586. The third kappa shape index (κ3) is 6.09. The number of nitrogens with one attached hydrogen (secondary N) is 2. The van der Waals surface area contributed by atoms with Gasteiger partial charge in [-0.2, -0.15) is 0 Å². The van der Waals surface area contributed by atoms with Crippen molar-refractivity contribution in [1.82, 2.24) is 5.32 Å². The van der Waals surface area contributed by atoms with Crippen molar-refractivity contribution in [3.05, 3.63) is 59.7 Å². The van der Waals surface area contributed by atoms with Crippen molar-refractivity contribution in [2.75, 3.05) is 23.3 Å².